The number of nitrogens with two attached hydrogens (primary N) is 2. The number of primary amides is 2. The third-order valence-corrected chi connectivity index (χ3v) is 4.23. The van der Waals surface area contributed by atoms with Crippen molar-refractivity contribution in [3.8, 4) is 6.07 Å². The number of hydrogen-bond acceptors (Lipinski definition) is 5. The Kier molecular flexibility index (Phi) is 5.40. The lowest BCUT2D eigenvalue weighted by Gasteiger charge is -2.19. The van der Waals surface area contributed by atoms with Crippen molar-refractivity contribution in [2.24, 2.45) is 11.5 Å². The van der Waals surface area contributed by atoms with E-state index in [2.05, 4.69) is 0 Å². The van der Waals surface area contributed by atoms with Crippen LogP contribution in [-0.4, -0.2) is 37.6 Å². The van der Waals surface area contributed by atoms with Crippen molar-refractivity contribution >= 4 is 21.8 Å². The molecule has 0 aromatic heterocycles. The van der Waals surface area contributed by atoms with Gasteiger partial charge in [0.05, 0.1) is 30.5 Å². The molecule has 0 spiro atoms. The Morgan fingerprint density at radius 3 is 1.95 bits per heavy atom. The maximum absolute atomic E-state index is 12.2. The van der Waals surface area contributed by atoms with Gasteiger partial charge in [-0.3, -0.25) is 9.59 Å². The number of hydrogen-bond donors (Lipinski definition) is 2. The van der Waals surface area contributed by atoms with Crippen LogP contribution in [0.2, 0.25) is 0 Å². The Balaban J connectivity index is 2.96. The van der Waals surface area contributed by atoms with Gasteiger partial charge >= 0.3 is 0 Å². The van der Waals surface area contributed by atoms with E-state index in [4.69, 9.17) is 16.7 Å². The Labute approximate surface area is 122 Å². The Bertz CT molecular complexity index is 660. The van der Waals surface area contributed by atoms with E-state index in [0.717, 1.165) is 0 Å². The minimum atomic E-state index is -3.94. The average molecular weight is 310 g/mol. The van der Waals surface area contributed by atoms with Crippen molar-refractivity contribution in [1.29, 1.82) is 5.26 Å². The third kappa shape index (κ3) is 5.21. The summed E-state index contributed by atoms with van der Waals surface area (Å²) >= 11 is 0. The fourth-order valence-electron chi connectivity index (χ4n) is 1.58. The number of amides is 2. The van der Waals surface area contributed by atoms with E-state index >= 15 is 0 Å². The Morgan fingerprint density at radius 1 is 1.10 bits per heavy atom. The van der Waals surface area contributed by atoms with Crippen LogP contribution in [0.5, 0.6) is 0 Å². The number of benzene rings is 1. The molecule has 112 valence electrons. The molecule has 0 bridgehead atoms. The first-order valence-corrected chi connectivity index (χ1v) is 7.39. The summed E-state index contributed by atoms with van der Waals surface area (Å²) in [6.45, 7) is -1.25. The normalized spacial score (nSPS) is 11.0. The summed E-state index contributed by atoms with van der Waals surface area (Å²) in [5.74, 6) is -2.21. The van der Waals surface area contributed by atoms with Crippen molar-refractivity contribution in [3.05, 3.63) is 35.4 Å². The van der Waals surface area contributed by atoms with Gasteiger partial charge in [0.15, 0.2) is 0 Å². The zero-order valence-electron chi connectivity index (χ0n) is 11.0. The molecule has 0 saturated carbocycles. The predicted octanol–water partition coefficient (Wildman–Crippen LogP) is -1.34. The quantitative estimate of drug-likeness (QED) is 0.639. The van der Waals surface area contributed by atoms with Gasteiger partial charge in [-0.05, 0) is 17.7 Å². The molecule has 0 saturated heterocycles. The van der Waals surface area contributed by atoms with E-state index in [-0.39, 0.29) is 0 Å². The van der Waals surface area contributed by atoms with E-state index < -0.39 is 40.7 Å². The van der Waals surface area contributed by atoms with Crippen LogP contribution >= 0.6 is 0 Å². The lowest BCUT2D eigenvalue weighted by atomic mass is 10.2. The van der Waals surface area contributed by atoms with E-state index in [1.54, 1.807) is 0 Å². The summed E-state index contributed by atoms with van der Waals surface area (Å²) < 4.78 is 25.0. The number of sulfonamides is 1. The molecule has 0 heterocycles. The molecule has 0 fully saturated rings. The zero-order valence-corrected chi connectivity index (χ0v) is 11.8. The predicted molar refractivity (Wildman–Crippen MR) is 73.7 cm³/mol. The number of nitriles is 1. The molecular weight excluding hydrogens is 296 g/mol. The molecule has 1 aromatic rings. The van der Waals surface area contributed by atoms with Crippen molar-refractivity contribution < 1.29 is 18.0 Å². The molecule has 0 aliphatic carbocycles. The zero-order chi connectivity index (χ0) is 16.0. The molecule has 9 heteroatoms. The number of carbonyl (C=O) groups excluding carboxylic acids is 2. The number of nitrogens with zero attached hydrogens (tertiary/aromatic N) is 2. The number of carbonyl (C=O) groups is 2. The summed E-state index contributed by atoms with van der Waals surface area (Å²) in [4.78, 5) is 21.8. The smallest absolute Gasteiger partial charge is 0.232 e. The molecule has 2 amide bonds. The minimum Gasteiger partial charge on any atom is -0.369 e. The van der Waals surface area contributed by atoms with Gasteiger partial charge in [0.25, 0.3) is 0 Å². The molecular formula is C12H14N4O4S. The van der Waals surface area contributed by atoms with E-state index in [1.807, 2.05) is 6.07 Å². The fraction of sp³-hybridized carbons (Fsp3) is 0.250. The SMILES string of the molecule is N#Cc1ccc(CS(=O)(=O)N(CC(N)=O)CC(N)=O)cc1. The minimum absolute atomic E-state index is 0.391. The Morgan fingerprint density at radius 2 is 1.57 bits per heavy atom. The molecule has 4 N–H and O–H groups in total. The first kappa shape index (κ1) is 16.6. The van der Waals surface area contributed by atoms with Crippen LogP contribution in [0.3, 0.4) is 0 Å². The highest BCUT2D eigenvalue weighted by Crippen LogP contribution is 2.11. The van der Waals surface area contributed by atoms with Gasteiger partial charge in [-0.15, -0.1) is 0 Å². The highest BCUT2D eigenvalue weighted by Gasteiger charge is 2.25. The second-order valence-electron chi connectivity index (χ2n) is 4.27. The maximum Gasteiger partial charge on any atom is 0.232 e. The van der Waals surface area contributed by atoms with Crippen molar-refractivity contribution in [2.75, 3.05) is 13.1 Å². The summed E-state index contributed by atoms with van der Waals surface area (Å²) in [6, 6.07) is 7.80. The molecule has 0 atom stereocenters. The van der Waals surface area contributed by atoms with Gasteiger partial charge in [-0.1, -0.05) is 12.1 Å². The lowest BCUT2D eigenvalue weighted by Crippen LogP contribution is -2.43. The van der Waals surface area contributed by atoms with Gasteiger partial charge in [0, 0.05) is 0 Å². The van der Waals surface area contributed by atoms with Crippen LogP contribution in [0.25, 0.3) is 0 Å². The second-order valence-corrected chi connectivity index (χ2v) is 6.23. The molecule has 0 aliphatic rings. The topological polar surface area (TPSA) is 147 Å². The standard InChI is InChI=1S/C12H14N4O4S/c13-5-9-1-3-10(4-2-9)8-21(19,20)16(6-11(14)17)7-12(15)18/h1-4H,6-8H2,(H2,14,17)(H2,15,18). The largest absolute Gasteiger partial charge is 0.369 e. The van der Waals surface area contributed by atoms with Crippen LogP contribution < -0.4 is 11.5 Å². The summed E-state index contributed by atoms with van der Waals surface area (Å²) in [5, 5.41) is 8.67. The van der Waals surface area contributed by atoms with Crippen molar-refractivity contribution in [3.63, 3.8) is 0 Å². The maximum atomic E-state index is 12.2. The van der Waals surface area contributed by atoms with Gasteiger partial charge in [0.2, 0.25) is 21.8 Å². The molecule has 1 aromatic carbocycles. The molecule has 0 aliphatic heterocycles. The van der Waals surface area contributed by atoms with Crippen LogP contribution in [0.1, 0.15) is 11.1 Å². The third-order valence-electron chi connectivity index (χ3n) is 2.49. The summed E-state index contributed by atoms with van der Waals surface area (Å²) in [7, 11) is -3.94. The van der Waals surface area contributed by atoms with Crippen LogP contribution in [-0.2, 0) is 25.4 Å². The van der Waals surface area contributed by atoms with E-state index in [0.29, 0.717) is 15.4 Å². The Hall–Kier alpha value is -2.44. The monoisotopic (exact) mass is 310 g/mol. The highest BCUT2D eigenvalue weighted by molar-refractivity contribution is 7.88. The molecule has 1 rings (SSSR count). The van der Waals surface area contributed by atoms with Crippen LogP contribution in [0.15, 0.2) is 24.3 Å². The summed E-state index contributed by atoms with van der Waals surface area (Å²) in [5.41, 5.74) is 10.7. The molecule has 8 nitrogen and oxygen atoms in total. The van der Waals surface area contributed by atoms with Crippen molar-refractivity contribution in [2.45, 2.75) is 5.75 Å². The van der Waals surface area contributed by atoms with Gasteiger partial charge in [-0.25, -0.2) is 8.42 Å². The van der Waals surface area contributed by atoms with E-state index in [9.17, 15) is 18.0 Å². The second kappa shape index (κ2) is 6.83. The fourth-order valence-corrected chi connectivity index (χ4v) is 3.02. The first-order valence-electron chi connectivity index (χ1n) is 5.78. The first-order chi connectivity index (χ1) is 9.74. The summed E-state index contributed by atoms with van der Waals surface area (Å²) in [6.07, 6.45) is 0. The van der Waals surface area contributed by atoms with E-state index in [1.165, 1.54) is 24.3 Å². The lowest BCUT2D eigenvalue weighted by molar-refractivity contribution is -0.120. The van der Waals surface area contributed by atoms with Gasteiger partial charge in [0.1, 0.15) is 0 Å². The molecule has 0 unspecified atom stereocenters. The van der Waals surface area contributed by atoms with Crippen molar-refractivity contribution in [1.82, 2.24) is 4.31 Å². The molecule has 0 radical (unpaired) electrons. The van der Waals surface area contributed by atoms with Crippen LogP contribution in [0.4, 0.5) is 0 Å². The highest BCUT2D eigenvalue weighted by atomic mass is 32.2. The van der Waals surface area contributed by atoms with Crippen LogP contribution in [0, 0.1) is 11.3 Å². The van der Waals surface area contributed by atoms with Gasteiger partial charge in [-0.2, -0.15) is 9.57 Å². The van der Waals surface area contributed by atoms with Gasteiger partial charge < -0.3 is 11.5 Å². The average Bonchev–Trinajstić information content (AvgIpc) is 2.37. The number of rotatable bonds is 7. The molecule has 21 heavy (non-hydrogen) atoms.